The van der Waals surface area contributed by atoms with Gasteiger partial charge in [0, 0.05) is 6.54 Å². The maximum atomic E-state index is 11.3. The number of hydrogen-bond donors (Lipinski definition) is 2. The number of carbonyl (C=O) groups is 1. The number of rotatable bonds is 7. The van der Waals surface area contributed by atoms with Gasteiger partial charge in [0.15, 0.2) is 0 Å². The summed E-state index contributed by atoms with van der Waals surface area (Å²) >= 11 is 0. The van der Waals surface area contributed by atoms with Crippen LogP contribution in [0.5, 0.6) is 5.75 Å². The largest absolute Gasteiger partial charge is 0.491 e. The summed E-state index contributed by atoms with van der Waals surface area (Å²) in [6.45, 7) is 5.80. The third-order valence-electron chi connectivity index (χ3n) is 2.55. The quantitative estimate of drug-likeness (QED) is 0.730. The highest BCUT2D eigenvalue weighted by Gasteiger charge is 2.00. The lowest BCUT2D eigenvalue weighted by molar-refractivity contribution is 0.236. The molecule has 100 valence electrons. The average Bonchev–Trinajstić information content (AvgIpc) is 2.37. The zero-order valence-corrected chi connectivity index (χ0v) is 11.2. The van der Waals surface area contributed by atoms with Crippen LogP contribution in [0.4, 0.5) is 4.79 Å². The molecular weight excluding hydrogens is 228 g/mol. The molecule has 0 radical (unpaired) electrons. The average molecular weight is 250 g/mol. The van der Waals surface area contributed by atoms with Gasteiger partial charge in [-0.2, -0.15) is 0 Å². The minimum absolute atomic E-state index is 0.128. The molecule has 4 nitrogen and oxygen atoms in total. The number of benzene rings is 1. The Balaban J connectivity index is 2.12. The molecule has 0 unspecified atom stereocenters. The molecule has 1 aromatic rings. The molecule has 18 heavy (non-hydrogen) atoms. The first-order valence-corrected chi connectivity index (χ1v) is 6.44. The highest BCUT2D eigenvalue weighted by atomic mass is 16.5. The van der Waals surface area contributed by atoms with Gasteiger partial charge in [-0.1, -0.05) is 31.5 Å². The van der Waals surface area contributed by atoms with Gasteiger partial charge in [0.1, 0.15) is 12.4 Å². The molecule has 0 atom stereocenters. The van der Waals surface area contributed by atoms with Gasteiger partial charge >= 0.3 is 6.03 Å². The predicted molar refractivity (Wildman–Crippen MR) is 73.0 cm³/mol. The summed E-state index contributed by atoms with van der Waals surface area (Å²) in [5.74, 6) is 0.866. The lowest BCUT2D eigenvalue weighted by atomic mass is 10.2. The summed E-state index contributed by atoms with van der Waals surface area (Å²) in [4.78, 5) is 11.3. The second-order valence-electron chi connectivity index (χ2n) is 4.15. The van der Waals surface area contributed by atoms with Crippen molar-refractivity contribution >= 4 is 6.03 Å². The number of nitrogens with one attached hydrogen (secondary N) is 2. The van der Waals surface area contributed by atoms with Crippen LogP contribution in [0.25, 0.3) is 0 Å². The molecule has 1 aromatic carbocycles. The predicted octanol–water partition coefficient (Wildman–Crippen LogP) is 2.47. The van der Waals surface area contributed by atoms with Crippen LogP contribution < -0.4 is 15.4 Å². The Morgan fingerprint density at radius 2 is 1.94 bits per heavy atom. The van der Waals surface area contributed by atoms with Gasteiger partial charge in [0.05, 0.1) is 6.54 Å². The Morgan fingerprint density at radius 3 is 2.67 bits per heavy atom. The second kappa shape index (κ2) is 8.39. The molecule has 0 saturated carbocycles. The first kappa shape index (κ1) is 14.4. The Bertz CT molecular complexity index is 367. The monoisotopic (exact) mass is 250 g/mol. The molecule has 2 N–H and O–H groups in total. The number of para-hydroxylation sites is 1. The topological polar surface area (TPSA) is 50.4 Å². The van der Waals surface area contributed by atoms with Crippen molar-refractivity contribution in [2.24, 2.45) is 0 Å². The van der Waals surface area contributed by atoms with Gasteiger partial charge < -0.3 is 15.4 Å². The zero-order valence-electron chi connectivity index (χ0n) is 11.2. The van der Waals surface area contributed by atoms with Gasteiger partial charge in [-0.15, -0.1) is 0 Å². The fourth-order valence-corrected chi connectivity index (χ4v) is 1.49. The minimum atomic E-state index is -0.128. The molecule has 0 fully saturated rings. The van der Waals surface area contributed by atoms with E-state index < -0.39 is 0 Å². The Labute approximate surface area is 109 Å². The lowest BCUT2D eigenvalue weighted by Gasteiger charge is -2.10. The fourth-order valence-electron chi connectivity index (χ4n) is 1.49. The zero-order chi connectivity index (χ0) is 13.2. The Hall–Kier alpha value is -1.71. The third-order valence-corrected chi connectivity index (χ3v) is 2.55. The molecule has 0 aromatic heterocycles. The first-order valence-electron chi connectivity index (χ1n) is 6.44. The van der Waals surface area contributed by atoms with Crippen LogP contribution in [-0.2, 0) is 0 Å². The van der Waals surface area contributed by atoms with Crippen LogP contribution in [-0.4, -0.2) is 25.7 Å². The van der Waals surface area contributed by atoms with Gasteiger partial charge in [0.2, 0.25) is 0 Å². The van der Waals surface area contributed by atoms with E-state index in [1.807, 2.05) is 31.2 Å². The van der Waals surface area contributed by atoms with Crippen LogP contribution in [0, 0.1) is 6.92 Å². The molecule has 1 rings (SSSR count). The van der Waals surface area contributed by atoms with Crippen LogP contribution in [0.15, 0.2) is 24.3 Å². The van der Waals surface area contributed by atoms with E-state index in [4.69, 9.17) is 4.74 Å². The van der Waals surface area contributed by atoms with Crippen LogP contribution in [0.1, 0.15) is 25.3 Å². The van der Waals surface area contributed by atoms with Gasteiger partial charge in [0.25, 0.3) is 0 Å². The second-order valence-corrected chi connectivity index (χ2v) is 4.15. The number of unbranched alkanes of at least 4 members (excludes halogenated alkanes) is 1. The van der Waals surface area contributed by atoms with Crippen molar-refractivity contribution in [3.05, 3.63) is 29.8 Å². The van der Waals surface area contributed by atoms with Crippen LogP contribution in [0.3, 0.4) is 0 Å². The molecule has 0 aliphatic carbocycles. The Morgan fingerprint density at radius 1 is 1.22 bits per heavy atom. The maximum absolute atomic E-state index is 11.3. The summed E-state index contributed by atoms with van der Waals surface area (Å²) in [6, 6.07) is 7.71. The Kier molecular flexibility index (Phi) is 6.69. The molecule has 0 saturated heterocycles. The van der Waals surface area contributed by atoms with E-state index in [2.05, 4.69) is 17.6 Å². The fraction of sp³-hybridized carbons (Fsp3) is 0.500. The van der Waals surface area contributed by atoms with E-state index in [0.29, 0.717) is 13.2 Å². The summed E-state index contributed by atoms with van der Waals surface area (Å²) in [5.41, 5.74) is 1.10. The molecule has 0 heterocycles. The number of aryl methyl sites for hydroxylation is 1. The SMILES string of the molecule is CCCCNC(=O)NCCOc1ccccc1C. The van der Waals surface area contributed by atoms with Crippen molar-refractivity contribution in [1.82, 2.24) is 10.6 Å². The number of hydrogen-bond acceptors (Lipinski definition) is 2. The third kappa shape index (κ3) is 5.57. The molecule has 0 bridgehead atoms. The molecule has 4 heteroatoms. The summed E-state index contributed by atoms with van der Waals surface area (Å²) in [7, 11) is 0. The molecular formula is C14H22N2O2. The number of ether oxygens (including phenoxy) is 1. The highest BCUT2D eigenvalue weighted by molar-refractivity contribution is 5.73. The molecule has 0 spiro atoms. The number of carbonyl (C=O) groups excluding carboxylic acids is 1. The lowest BCUT2D eigenvalue weighted by Crippen LogP contribution is -2.38. The van der Waals surface area contributed by atoms with Crippen molar-refractivity contribution in [2.75, 3.05) is 19.7 Å². The summed E-state index contributed by atoms with van der Waals surface area (Å²) in [6.07, 6.45) is 2.09. The van der Waals surface area contributed by atoms with E-state index in [-0.39, 0.29) is 6.03 Å². The summed E-state index contributed by atoms with van der Waals surface area (Å²) in [5, 5.41) is 5.54. The van der Waals surface area contributed by atoms with Crippen molar-refractivity contribution < 1.29 is 9.53 Å². The normalized spacial score (nSPS) is 9.89. The van der Waals surface area contributed by atoms with E-state index in [0.717, 1.165) is 30.7 Å². The van der Waals surface area contributed by atoms with Gasteiger partial charge in [-0.05, 0) is 25.0 Å². The van der Waals surface area contributed by atoms with Crippen molar-refractivity contribution in [1.29, 1.82) is 0 Å². The smallest absolute Gasteiger partial charge is 0.314 e. The molecule has 0 aliphatic rings. The van der Waals surface area contributed by atoms with Crippen molar-refractivity contribution in [3.63, 3.8) is 0 Å². The van der Waals surface area contributed by atoms with E-state index in [1.165, 1.54) is 0 Å². The number of amides is 2. The van der Waals surface area contributed by atoms with E-state index in [9.17, 15) is 4.79 Å². The molecule has 2 amide bonds. The van der Waals surface area contributed by atoms with Crippen molar-refractivity contribution in [3.8, 4) is 5.75 Å². The maximum Gasteiger partial charge on any atom is 0.314 e. The molecule has 0 aliphatic heterocycles. The minimum Gasteiger partial charge on any atom is -0.491 e. The highest BCUT2D eigenvalue weighted by Crippen LogP contribution is 2.15. The van der Waals surface area contributed by atoms with E-state index >= 15 is 0 Å². The first-order chi connectivity index (χ1) is 8.74. The van der Waals surface area contributed by atoms with Gasteiger partial charge in [-0.3, -0.25) is 0 Å². The standard InChI is InChI=1S/C14H22N2O2/c1-3-4-9-15-14(17)16-10-11-18-13-8-6-5-7-12(13)2/h5-8H,3-4,9-11H2,1-2H3,(H2,15,16,17). The van der Waals surface area contributed by atoms with Crippen LogP contribution in [0.2, 0.25) is 0 Å². The van der Waals surface area contributed by atoms with Gasteiger partial charge in [-0.25, -0.2) is 4.79 Å². The number of urea groups is 1. The van der Waals surface area contributed by atoms with Crippen LogP contribution >= 0.6 is 0 Å². The summed E-state index contributed by atoms with van der Waals surface area (Å²) < 4.78 is 5.57. The van der Waals surface area contributed by atoms with Crippen molar-refractivity contribution in [2.45, 2.75) is 26.7 Å². The van der Waals surface area contributed by atoms with E-state index in [1.54, 1.807) is 0 Å².